The quantitative estimate of drug-likeness (QED) is 0.561. The van der Waals surface area contributed by atoms with E-state index in [-0.39, 0.29) is 35.2 Å². The van der Waals surface area contributed by atoms with E-state index in [1.807, 2.05) is 6.07 Å². The Kier molecular flexibility index (Phi) is 5.38. The second kappa shape index (κ2) is 8.14. The molecule has 1 aromatic heterocycles. The summed E-state index contributed by atoms with van der Waals surface area (Å²) < 4.78 is 1.23. The number of nitrogens with one attached hydrogen (secondary N) is 2. The third-order valence-corrected chi connectivity index (χ3v) is 5.31. The van der Waals surface area contributed by atoms with Crippen molar-refractivity contribution in [2.45, 2.75) is 6.54 Å². The van der Waals surface area contributed by atoms with Gasteiger partial charge in [-0.25, -0.2) is 9.79 Å². The highest BCUT2D eigenvalue weighted by Crippen LogP contribution is 2.31. The number of rotatable bonds is 3. The number of amidine groups is 1. The van der Waals surface area contributed by atoms with E-state index in [1.54, 1.807) is 48.5 Å². The van der Waals surface area contributed by atoms with Crippen LogP contribution in [0.3, 0.4) is 0 Å². The van der Waals surface area contributed by atoms with Crippen molar-refractivity contribution in [3.05, 3.63) is 96.1 Å². The zero-order valence-electron chi connectivity index (χ0n) is 15.8. The maximum Gasteiger partial charge on any atom is 0.330 e. The molecule has 1 aliphatic heterocycles. The molecule has 0 saturated carbocycles. The zero-order chi connectivity index (χ0) is 22.1. The summed E-state index contributed by atoms with van der Waals surface area (Å²) in [6, 6.07) is 15.6. The highest BCUT2D eigenvalue weighted by atomic mass is 35.5. The van der Waals surface area contributed by atoms with Crippen LogP contribution in [0.2, 0.25) is 10.0 Å². The number of anilines is 1. The number of nitrogens with zero attached hydrogens (tertiary/aromatic N) is 3. The van der Waals surface area contributed by atoms with Crippen LogP contribution in [0.1, 0.15) is 11.1 Å². The van der Waals surface area contributed by atoms with Crippen LogP contribution >= 0.6 is 23.2 Å². The van der Waals surface area contributed by atoms with Crippen molar-refractivity contribution in [2.75, 3.05) is 5.32 Å². The summed E-state index contributed by atoms with van der Waals surface area (Å²) in [7, 11) is 0. The maximum absolute atomic E-state index is 12.6. The molecule has 0 amide bonds. The van der Waals surface area contributed by atoms with E-state index < -0.39 is 11.2 Å². The number of aromatic amines is 1. The van der Waals surface area contributed by atoms with Gasteiger partial charge in [-0.05, 0) is 29.3 Å². The Morgan fingerprint density at radius 3 is 2.48 bits per heavy atom. The smallest absolute Gasteiger partial charge is 0.330 e. The van der Waals surface area contributed by atoms with Crippen molar-refractivity contribution in [3.8, 4) is 6.07 Å². The molecule has 8 nitrogen and oxygen atoms in total. The fourth-order valence-corrected chi connectivity index (χ4v) is 3.49. The number of hydrogen-bond donors (Lipinski definition) is 3. The van der Waals surface area contributed by atoms with Gasteiger partial charge >= 0.3 is 5.69 Å². The third-order valence-electron chi connectivity index (χ3n) is 4.69. The molecule has 0 bridgehead atoms. The molecule has 4 N–H and O–H groups in total. The molecule has 2 aromatic carbocycles. The topological polar surface area (TPSA) is 129 Å². The number of H-pyrrole nitrogens is 1. The molecule has 0 saturated heterocycles. The molecule has 0 aliphatic carbocycles. The highest BCUT2D eigenvalue weighted by molar-refractivity contribution is 6.31. The van der Waals surface area contributed by atoms with Crippen LogP contribution in [0.5, 0.6) is 0 Å². The number of benzene rings is 2. The fraction of sp³-hybridized carbons (Fsp3) is 0.0476. The van der Waals surface area contributed by atoms with Gasteiger partial charge in [-0.1, -0.05) is 53.5 Å². The van der Waals surface area contributed by atoms with Gasteiger partial charge in [0.2, 0.25) is 0 Å². The zero-order valence-corrected chi connectivity index (χ0v) is 17.3. The molecular weight excluding hydrogens is 439 g/mol. The van der Waals surface area contributed by atoms with E-state index >= 15 is 0 Å². The summed E-state index contributed by atoms with van der Waals surface area (Å²) in [5.41, 5.74) is 6.20. The van der Waals surface area contributed by atoms with E-state index in [2.05, 4.69) is 15.3 Å². The van der Waals surface area contributed by atoms with Gasteiger partial charge in [-0.3, -0.25) is 14.3 Å². The van der Waals surface area contributed by atoms with Crippen LogP contribution < -0.4 is 22.3 Å². The number of fused-ring (bicyclic) bond motifs is 1. The first kappa shape index (κ1) is 20.5. The first-order valence-electron chi connectivity index (χ1n) is 9.01. The molecule has 0 fully saturated rings. The maximum atomic E-state index is 12.6. The number of aliphatic imine (C=N–C) groups is 1. The van der Waals surface area contributed by atoms with Crippen molar-refractivity contribution >= 4 is 46.2 Å². The molecule has 0 radical (unpaired) electrons. The van der Waals surface area contributed by atoms with Gasteiger partial charge in [-0.15, -0.1) is 0 Å². The summed E-state index contributed by atoms with van der Waals surface area (Å²) in [4.78, 5) is 31.8. The van der Waals surface area contributed by atoms with Crippen molar-refractivity contribution < 1.29 is 0 Å². The van der Waals surface area contributed by atoms with Gasteiger partial charge in [0.1, 0.15) is 23.2 Å². The first-order valence-corrected chi connectivity index (χ1v) is 9.77. The van der Waals surface area contributed by atoms with E-state index in [4.69, 9.17) is 28.9 Å². The minimum absolute atomic E-state index is 0.0112. The van der Waals surface area contributed by atoms with Crippen LogP contribution in [0, 0.1) is 11.3 Å². The third kappa shape index (κ3) is 3.84. The number of halogens is 2. The lowest BCUT2D eigenvalue weighted by Gasteiger charge is -2.15. The number of aromatic nitrogens is 2. The Labute approximate surface area is 185 Å². The summed E-state index contributed by atoms with van der Waals surface area (Å²) in [6.07, 6.45) is 0. The van der Waals surface area contributed by atoms with Gasteiger partial charge in [0.25, 0.3) is 5.56 Å². The Morgan fingerprint density at radius 1 is 1.10 bits per heavy atom. The molecular formula is C21H14Cl2N6O2. The lowest BCUT2D eigenvalue weighted by molar-refractivity contribution is 0.727. The van der Waals surface area contributed by atoms with Crippen LogP contribution in [0.15, 0.2) is 68.7 Å². The van der Waals surface area contributed by atoms with Crippen LogP contribution in [-0.4, -0.2) is 15.4 Å². The van der Waals surface area contributed by atoms with E-state index in [0.717, 1.165) is 0 Å². The molecule has 2 heterocycles. The van der Waals surface area contributed by atoms with Crippen molar-refractivity contribution in [1.82, 2.24) is 9.55 Å². The average molecular weight is 453 g/mol. The molecule has 3 aromatic rings. The molecule has 0 spiro atoms. The standard InChI is InChI=1S/C21H14Cl2N6O2/c22-13-7-5-11(6-8-13)16-14(9-24)18(25)27-19-17(26-16)20(30)28-21(31)29(19)10-12-3-1-2-4-15(12)23/h1-8,26H,10H2,(H2,25,27)(H,28,30,31). The molecule has 0 unspecified atom stereocenters. The van der Waals surface area contributed by atoms with Gasteiger partial charge in [-0.2, -0.15) is 5.26 Å². The van der Waals surface area contributed by atoms with Gasteiger partial charge in [0.05, 0.1) is 12.2 Å². The van der Waals surface area contributed by atoms with E-state index in [9.17, 15) is 14.9 Å². The highest BCUT2D eigenvalue weighted by Gasteiger charge is 2.24. The lowest BCUT2D eigenvalue weighted by atomic mass is 10.1. The molecule has 0 atom stereocenters. The summed E-state index contributed by atoms with van der Waals surface area (Å²) >= 11 is 12.2. The number of nitriles is 1. The minimum atomic E-state index is -0.697. The fourth-order valence-electron chi connectivity index (χ4n) is 3.16. The number of hydrogen-bond acceptors (Lipinski definition) is 6. The predicted octanol–water partition coefficient (Wildman–Crippen LogP) is 3.24. The average Bonchev–Trinajstić information content (AvgIpc) is 2.89. The Balaban J connectivity index is 1.93. The minimum Gasteiger partial charge on any atom is -0.382 e. The Morgan fingerprint density at radius 2 is 1.81 bits per heavy atom. The van der Waals surface area contributed by atoms with Gasteiger partial charge in [0, 0.05) is 10.0 Å². The Hall–Kier alpha value is -3.80. The molecule has 4 rings (SSSR count). The summed E-state index contributed by atoms with van der Waals surface area (Å²) in [6.45, 7) is 0.0360. The molecule has 1 aliphatic rings. The second-order valence-electron chi connectivity index (χ2n) is 6.63. The van der Waals surface area contributed by atoms with Crippen LogP contribution in [0.4, 0.5) is 11.5 Å². The van der Waals surface area contributed by atoms with Gasteiger partial charge < -0.3 is 11.1 Å². The predicted molar refractivity (Wildman–Crippen MR) is 121 cm³/mol. The van der Waals surface area contributed by atoms with Crippen molar-refractivity contribution in [1.29, 1.82) is 5.26 Å². The Bertz CT molecular complexity index is 1410. The molecule has 31 heavy (non-hydrogen) atoms. The van der Waals surface area contributed by atoms with Crippen LogP contribution in [0.25, 0.3) is 5.70 Å². The van der Waals surface area contributed by atoms with E-state index in [0.29, 0.717) is 21.2 Å². The largest absolute Gasteiger partial charge is 0.382 e. The van der Waals surface area contributed by atoms with Crippen molar-refractivity contribution in [3.63, 3.8) is 0 Å². The lowest BCUT2D eigenvalue weighted by Crippen LogP contribution is -2.32. The van der Waals surface area contributed by atoms with E-state index in [1.165, 1.54) is 4.57 Å². The number of nitrogens with two attached hydrogens (primary N) is 1. The normalized spacial score (nSPS) is 13.0. The van der Waals surface area contributed by atoms with Gasteiger partial charge in [0.15, 0.2) is 5.82 Å². The van der Waals surface area contributed by atoms with Crippen molar-refractivity contribution in [2.24, 2.45) is 10.7 Å². The first-order chi connectivity index (χ1) is 14.9. The second-order valence-corrected chi connectivity index (χ2v) is 7.47. The summed E-state index contributed by atoms with van der Waals surface area (Å²) in [5, 5.41) is 13.6. The monoisotopic (exact) mass is 452 g/mol. The summed E-state index contributed by atoms with van der Waals surface area (Å²) in [5.74, 6) is -0.153. The van der Waals surface area contributed by atoms with Crippen LogP contribution in [-0.2, 0) is 6.54 Å². The molecule has 154 valence electrons. The SMILES string of the molecule is N#CC1=C(c2ccc(Cl)cc2)Nc2c(n(Cc3ccccc3Cl)c(=O)[nH]c2=O)N=C1N. The molecule has 10 heteroatoms.